The fraction of sp³-hybridized carbons (Fsp3) is 0.519. The summed E-state index contributed by atoms with van der Waals surface area (Å²) in [5.41, 5.74) is 16.7. The standard InChI is InChI=1S/C27H41FN8O8/c28-18-9-7-17(8-10-18)14-33-44-16-23(38)34-20(6-2-4-12-30)27(43)36-19(5-1-3-11-29)26(42)32-15-22(37)35-21(25(31)41)13-24(39)40/h7-10,14,19-21H,1-6,11-13,15-16,29-30H2,(H2,31,41)(H,32,42)(H,34,38)(H,35,37)(H,36,43)(H,39,40)/b33-14+/t19-,20-,21-/m0/s1. The zero-order valence-electron chi connectivity index (χ0n) is 24.3. The van der Waals surface area contributed by atoms with Crippen LogP contribution in [0.15, 0.2) is 29.4 Å². The number of hydrogen-bond acceptors (Lipinski definition) is 10. The molecular formula is C27H41FN8O8. The second kappa shape index (κ2) is 21.1. The number of nitrogens with one attached hydrogen (secondary N) is 4. The van der Waals surface area contributed by atoms with Gasteiger partial charge in [0.15, 0.2) is 6.61 Å². The predicted octanol–water partition coefficient (Wildman–Crippen LogP) is -2.04. The Bertz CT molecular complexity index is 1140. The molecule has 1 aromatic carbocycles. The van der Waals surface area contributed by atoms with Crippen LogP contribution < -0.4 is 38.5 Å². The lowest BCUT2D eigenvalue weighted by Gasteiger charge is -2.23. The molecule has 244 valence electrons. The number of carbonyl (C=O) groups excluding carboxylic acids is 5. The number of unbranched alkanes of at least 4 members (excludes halogenated alkanes) is 2. The smallest absolute Gasteiger partial charge is 0.305 e. The summed E-state index contributed by atoms with van der Waals surface area (Å²) < 4.78 is 13.0. The molecule has 0 saturated heterocycles. The van der Waals surface area contributed by atoms with Crippen molar-refractivity contribution < 1.29 is 43.1 Å². The van der Waals surface area contributed by atoms with E-state index in [9.17, 15) is 33.2 Å². The van der Waals surface area contributed by atoms with Gasteiger partial charge in [0.05, 0.1) is 19.2 Å². The topological polar surface area (TPSA) is 270 Å². The zero-order valence-corrected chi connectivity index (χ0v) is 24.3. The minimum Gasteiger partial charge on any atom is -0.481 e. The van der Waals surface area contributed by atoms with Crippen LogP contribution in [0.5, 0.6) is 0 Å². The SMILES string of the molecule is NCCCC[C@H](NC(=O)CO/N=C/c1ccc(F)cc1)C(=O)N[C@@H](CCCCN)C(=O)NCC(=O)N[C@@H](CC(=O)O)C(N)=O. The largest absolute Gasteiger partial charge is 0.481 e. The Balaban J connectivity index is 2.82. The Morgan fingerprint density at radius 3 is 1.95 bits per heavy atom. The number of primary amides is 1. The molecule has 16 nitrogen and oxygen atoms in total. The molecule has 0 radical (unpaired) electrons. The summed E-state index contributed by atoms with van der Waals surface area (Å²) in [7, 11) is 0. The van der Waals surface area contributed by atoms with Gasteiger partial charge < -0.3 is 48.4 Å². The Hall–Kier alpha value is -4.64. The van der Waals surface area contributed by atoms with Gasteiger partial charge in [-0.1, -0.05) is 17.3 Å². The van der Waals surface area contributed by atoms with Crippen molar-refractivity contribution in [1.82, 2.24) is 21.3 Å². The molecule has 0 unspecified atom stereocenters. The highest BCUT2D eigenvalue weighted by Crippen LogP contribution is 2.06. The van der Waals surface area contributed by atoms with Crippen LogP contribution >= 0.6 is 0 Å². The Morgan fingerprint density at radius 1 is 0.841 bits per heavy atom. The van der Waals surface area contributed by atoms with Crippen molar-refractivity contribution in [3.63, 3.8) is 0 Å². The summed E-state index contributed by atoms with van der Waals surface area (Å²) in [6.07, 6.45) is 2.95. The van der Waals surface area contributed by atoms with Crippen LogP contribution in [0.1, 0.15) is 50.5 Å². The first-order valence-corrected chi connectivity index (χ1v) is 14.0. The Morgan fingerprint density at radius 2 is 1.41 bits per heavy atom. The third-order valence-electron chi connectivity index (χ3n) is 6.00. The highest BCUT2D eigenvalue weighted by Gasteiger charge is 2.27. The second-order valence-electron chi connectivity index (χ2n) is 9.65. The minimum atomic E-state index is -1.48. The van der Waals surface area contributed by atoms with Crippen molar-refractivity contribution in [3.8, 4) is 0 Å². The van der Waals surface area contributed by atoms with E-state index in [1.165, 1.54) is 30.5 Å². The molecule has 5 amide bonds. The highest BCUT2D eigenvalue weighted by atomic mass is 19.1. The maximum Gasteiger partial charge on any atom is 0.305 e. The lowest BCUT2D eigenvalue weighted by Crippen LogP contribution is -2.55. The number of carboxylic acid groups (broad SMARTS) is 1. The first-order valence-electron chi connectivity index (χ1n) is 14.0. The van der Waals surface area contributed by atoms with Crippen molar-refractivity contribution in [2.75, 3.05) is 26.2 Å². The van der Waals surface area contributed by atoms with Gasteiger partial charge in [-0.25, -0.2) is 4.39 Å². The third kappa shape index (κ3) is 16.1. The fourth-order valence-corrected chi connectivity index (χ4v) is 3.71. The number of rotatable bonds is 22. The van der Waals surface area contributed by atoms with Crippen LogP contribution in [-0.2, 0) is 33.6 Å². The molecule has 3 atom stereocenters. The molecule has 44 heavy (non-hydrogen) atoms. The van der Waals surface area contributed by atoms with Crippen LogP contribution in [0.4, 0.5) is 4.39 Å². The van der Waals surface area contributed by atoms with Crippen molar-refractivity contribution in [2.24, 2.45) is 22.4 Å². The maximum atomic E-state index is 13.2. The van der Waals surface area contributed by atoms with Crippen molar-refractivity contribution in [3.05, 3.63) is 35.6 Å². The van der Waals surface area contributed by atoms with Crippen LogP contribution in [0.25, 0.3) is 0 Å². The highest BCUT2D eigenvalue weighted by molar-refractivity contribution is 5.94. The Labute approximate surface area is 253 Å². The number of benzene rings is 1. The quantitative estimate of drug-likeness (QED) is 0.0398. The number of aliphatic carboxylic acids is 1. The molecule has 0 heterocycles. The van der Waals surface area contributed by atoms with Crippen LogP contribution in [0, 0.1) is 5.82 Å². The molecule has 0 saturated carbocycles. The van der Waals surface area contributed by atoms with Gasteiger partial charge in [-0.15, -0.1) is 0 Å². The average molecular weight is 625 g/mol. The molecule has 1 aromatic rings. The average Bonchev–Trinajstić information content (AvgIpc) is 2.97. The number of carbonyl (C=O) groups is 6. The zero-order chi connectivity index (χ0) is 32.9. The van der Waals surface area contributed by atoms with Crippen molar-refractivity contribution in [2.45, 2.75) is 63.1 Å². The van der Waals surface area contributed by atoms with Gasteiger partial charge in [0.1, 0.15) is 23.9 Å². The molecule has 0 aliphatic rings. The van der Waals surface area contributed by atoms with Crippen molar-refractivity contribution in [1.29, 1.82) is 0 Å². The van der Waals surface area contributed by atoms with E-state index in [0.717, 1.165) is 0 Å². The number of hydrogen-bond donors (Lipinski definition) is 8. The molecule has 11 N–H and O–H groups in total. The summed E-state index contributed by atoms with van der Waals surface area (Å²) in [6.45, 7) is -0.455. The number of halogens is 1. The van der Waals surface area contributed by atoms with E-state index in [4.69, 9.17) is 27.1 Å². The number of nitrogens with zero attached hydrogens (tertiary/aromatic N) is 1. The summed E-state index contributed by atoms with van der Waals surface area (Å²) in [5.74, 6) is -5.78. The van der Waals surface area contributed by atoms with Gasteiger partial charge in [0.25, 0.3) is 5.91 Å². The monoisotopic (exact) mass is 624 g/mol. The van der Waals surface area contributed by atoms with Gasteiger partial charge in [-0.05, 0) is 69.3 Å². The van der Waals surface area contributed by atoms with E-state index in [1.807, 2.05) is 0 Å². The van der Waals surface area contributed by atoms with E-state index in [1.54, 1.807) is 0 Å². The summed E-state index contributed by atoms with van der Waals surface area (Å²) in [6, 6.07) is 1.75. The molecule has 0 aromatic heterocycles. The molecule has 0 aliphatic carbocycles. The molecule has 0 spiro atoms. The van der Waals surface area contributed by atoms with Gasteiger partial charge in [0, 0.05) is 0 Å². The van der Waals surface area contributed by atoms with Gasteiger partial charge >= 0.3 is 5.97 Å². The molecule has 0 fully saturated rings. The van der Waals surface area contributed by atoms with E-state index >= 15 is 0 Å². The van der Waals surface area contributed by atoms with Crippen LogP contribution in [0.2, 0.25) is 0 Å². The van der Waals surface area contributed by atoms with Gasteiger partial charge in [0.2, 0.25) is 23.6 Å². The predicted molar refractivity (Wildman–Crippen MR) is 156 cm³/mol. The summed E-state index contributed by atoms with van der Waals surface area (Å²) in [4.78, 5) is 78.0. The molecular weight excluding hydrogens is 583 g/mol. The van der Waals surface area contributed by atoms with Crippen LogP contribution in [0.3, 0.4) is 0 Å². The van der Waals surface area contributed by atoms with Crippen LogP contribution in [-0.4, -0.2) is 91.2 Å². The van der Waals surface area contributed by atoms with Gasteiger partial charge in [-0.3, -0.25) is 28.8 Å². The molecule has 1 rings (SSSR count). The molecule has 0 bridgehead atoms. The van der Waals surface area contributed by atoms with E-state index in [2.05, 4.69) is 26.4 Å². The second-order valence-corrected chi connectivity index (χ2v) is 9.65. The summed E-state index contributed by atoms with van der Waals surface area (Å²) >= 11 is 0. The Kier molecular flexibility index (Phi) is 17.9. The lowest BCUT2D eigenvalue weighted by molar-refractivity contribution is -0.140. The molecule has 17 heteroatoms. The van der Waals surface area contributed by atoms with E-state index in [-0.39, 0.29) is 12.8 Å². The van der Waals surface area contributed by atoms with E-state index < -0.39 is 79.0 Å². The fourth-order valence-electron chi connectivity index (χ4n) is 3.71. The number of oxime groups is 1. The van der Waals surface area contributed by atoms with E-state index in [0.29, 0.717) is 44.3 Å². The minimum absolute atomic E-state index is 0.157. The van der Waals surface area contributed by atoms with Gasteiger partial charge in [-0.2, -0.15) is 0 Å². The first kappa shape index (κ1) is 37.4. The number of nitrogens with two attached hydrogens (primary N) is 3. The lowest BCUT2D eigenvalue weighted by atomic mass is 10.1. The normalized spacial score (nSPS) is 12.9. The summed E-state index contributed by atoms with van der Waals surface area (Å²) in [5, 5.41) is 22.1. The number of amides is 5. The number of carboxylic acids is 1. The molecule has 0 aliphatic heterocycles. The first-order chi connectivity index (χ1) is 21.0. The maximum absolute atomic E-state index is 13.2. The van der Waals surface area contributed by atoms with Crippen molar-refractivity contribution >= 4 is 41.7 Å². The third-order valence-corrected chi connectivity index (χ3v) is 6.00.